The summed E-state index contributed by atoms with van der Waals surface area (Å²) in [5, 5.41) is 5.80. The Labute approximate surface area is 91.7 Å². The van der Waals surface area contributed by atoms with Crippen molar-refractivity contribution in [3.63, 3.8) is 0 Å². The minimum absolute atomic E-state index is 0.441. The van der Waals surface area contributed by atoms with Crippen LogP contribution in [-0.2, 0) is 7.05 Å². The fourth-order valence-electron chi connectivity index (χ4n) is 1.09. The highest BCUT2D eigenvalue weighted by Gasteiger charge is 2.07. The lowest BCUT2D eigenvalue weighted by Gasteiger charge is -2.01. The lowest BCUT2D eigenvalue weighted by molar-refractivity contribution is 0.738. The van der Waals surface area contributed by atoms with Gasteiger partial charge in [-0.05, 0) is 24.8 Å². The molecule has 0 amide bonds. The first-order chi connectivity index (χ1) is 7.15. The number of anilines is 1. The zero-order valence-corrected chi connectivity index (χ0v) is 9.32. The van der Waals surface area contributed by atoms with Crippen LogP contribution in [0, 0.1) is 6.92 Å². The molecule has 0 aromatic carbocycles. The number of nitrogen functional groups attached to an aromatic ring is 1. The predicted molar refractivity (Wildman–Crippen MR) is 58.5 cm³/mol. The quantitative estimate of drug-likeness (QED) is 0.826. The Balaban J connectivity index is 2.27. The third-order valence-electron chi connectivity index (χ3n) is 1.78. The van der Waals surface area contributed by atoms with E-state index in [0.29, 0.717) is 10.8 Å². The Kier molecular flexibility index (Phi) is 2.59. The number of nitrogens with two attached hydrogens (primary N) is 1. The maximum Gasteiger partial charge on any atom is 0.156 e. The minimum Gasteiger partial charge on any atom is -0.381 e. The van der Waals surface area contributed by atoms with Crippen LogP contribution < -0.4 is 5.73 Å². The van der Waals surface area contributed by atoms with Gasteiger partial charge in [0.15, 0.2) is 5.82 Å². The molecule has 0 spiro atoms. The Bertz CT molecular complexity index is 479. The third kappa shape index (κ3) is 2.27. The van der Waals surface area contributed by atoms with Gasteiger partial charge in [0, 0.05) is 13.2 Å². The molecular weight excluding hydrogens is 210 g/mol. The van der Waals surface area contributed by atoms with Crippen LogP contribution in [0.4, 0.5) is 5.82 Å². The van der Waals surface area contributed by atoms with Crippen molar-refractivity contribution in [2.45, 2.75) is 17.0 Å². The molecule has 2 aromatic heterocycles. The summed E-state index contributed by atoms with van der Waals surface area (Å²) in [6.45, 7) is 1.88. The van der Waals surface area contributed by atoms with Crippen LogP contribution in [0.1, 0.15) is 5.69 Å². The van der Waals surface area contributed by atoms with E-state index in [9.17, 15) is 0 Å². The fourth-order valence-corrected chi connectivity index (χ4v) is 1.93. The minimum atomic E-state index is 0.441. The van der Waals surface area contributed by atoms with Crippen molar-refractivity contribution in [3.05, 3.63) is 24.2 Å². The van der Waals surface area contributed by atoms with Crippen molar-refractivity contribution in [1.29, 1.82) is 0 Å². The monoisotopic (exact) mass is 221 g/mol. The van der Waals surface area contributed by atoms with E-state index in [2.05, 4.69) is 15.1 Å². The molecular formula is C9H11N5S. The molecule has 0 unspecified atom stereocenters. The smallest absolute Gasteiger partial charge is 0.156 e. The summed E-state index contributed by atoms with van der Waals surface area (Å²) in [5.41, 5.74) is 6.56. The van der Waals surface area contributed by atoms with Crippen LogP contribution in [0.25, 0.3) is 0 Å². The summed E-state index contributed by atoms with van der Waals surface area (Å²) < 4.78 is 1.74. The molecule has 5 nitrogen and oxygen atoms in total. The molecule has 0 saturated carbocycles. The van der Waals surface area contributed by atoms with Crippen molar-refractivity contribution in [2.75, 3.05) is 5.73 Å². The summed E-state index contributed by atoms with van der Waals surface area (Å²) in [7, 11) is 1.87. The summed E-state index contributed by atoms with van der Waals surface area (Å²) in [6.07, 6.45) is 3.53. The highest BCUT2D eigenvalue weighted by molar-refractivity contribution is 7.99. The van der Waals surface area contributed by atoms with Gasteiger partial charge in [0.1, 0.15) is 10.1 Å². The van der Waals surface area contributed by atoms with E-state index in [1.807, 2.05) is 26.2 Å². The number of hydrogen-bond donors (Lipinski definition) is 1. The maximum absolute atomic E-state index is 5.72. The first-order valence-corrected chi connectivity index (χ1v) is 5.23. The average Bonchev–Trinajstić information content (AvgIpc) is 2.58. The summed E-state index contributed by atoms with van der Waals surface area (Å²) in [4.78, 5) is 8.34. The van der Waals surface area contributed by atoms with Gasteiger partial charge in [0.2, 0.25) is 0 Å². The fraction of sp³-hybridized carbons (Fsp3) is 0.222. The third-order valence-corrected chi connectivity index (χ3v) is 2.70. The topological polar surface area (TPSA) is 69.6 Å². The van der Waals surface area contributed by atoms with Crippen molar-refractivity contribution >= 4 is 17.6 Å². The van der Waals surface area contributed by atoms with E-state index < -0.39 is 0 Å². The highest BCUT2D eigenvalue weighted by atomic mass is 32.2. The molecule has 0 fully saturated rings. The standard InChI is InChI=1S/C9H11N5S/c1-6-5-11-8(10)9(12-6)15-7-3-4-14(2)13-7/h3-5H,1-2H3,(H2,10,11). The molecule has 0 bridgehead atoms. The Morgan fingerprint density at radius 3 is 2.93 bits per heavy atom. The second-order valence-corrected chi connectivity index (χ2v) is 4.14. The second-order valence-electron chi connectivity index (χ2n) is 3.13. The van der Waals surface area contributed by atoms with Crippen LogP contribution >= 0.6 is 11.8 Å². The van der Waals surface area contributed by atoms with Gasteiger partial charge in [-0.1, -0.05) is 0 Å². The molecule has 0 saturated heterocycles. The molecule has 2 N–H and O–H groups in total. The van der Waals surface area contributed by atoms with Crippen molar-refractivity contribution in [1.82, 2.24) is 19.7 Å². The normalized spacial score (nSPS) is 10.5. The Morgan fingerprint density at radius 1 is 1.47 bits per heavy atom. The van der Waals surface area contributed by atoms with Gasteiger partial charge in [0.25, 0.3) is 0 Å². The van der Waals surface area contributed by atoms with E-state index in [-0.39, 0.29) is 0 Å². The van der Waals surface area contributed by atoms with E-state index in [1.165, 1.54) is 11.8 Å². The van der Waals surface area contributed by atoms with Gasteiger partial charge in [-0.25, -0.2) is 9.97 Å². The van der Waals surface area contributed by atoms with Crippen LogP contribution in [0.3, 0.4) is 0 Å². The molecule has 6 heteroatoms. The molecule has 2 heterocycles. The van der Waals surface area contributed by atoms with Gasteiger partial charge < -0.3 is 5.73 Å². The van der Waals surface area contributed by atoms with Gasteiger partial charge in [-0.15, -0.1) is 0 Å². The lowest BCUT2D eigenvalue weighted by Crippen LogP contribution is -1.97. The van der Waals surface area contributed by atoms with E-state index in [4.69, 9.17) is 5.73 Å². The van der Waals surface area contributed by atoms with Gasteiger partial charge >= 0.3 is 0 Å². The van der Waals surface area contributed by atoms with E-state index >= 15 is 0 Å². The molecule has 0 aliphatic heterocycles. The molecule has 2 rings (SSSR count). The van der Waals surface area contributed by atoms with E-state index in [1.54, 1.807) is 10.9 Å². The summed E-state index contributed by atoms with van der Waals surface area (Å²) in [6, 6.07) is 1.91. The van der Waals surface area contributed by atoms with Crippen molar-refractivity contribution < 1.29 is 0 Å². The summed E-state index contributed by atoms with van der Waals surface area (Å²) >= 11 is 1.42. The first-order valence-electron chi connectivity index (χ1n) is 4.42. The Hall–Kier alpha value is -1.56. The molecule has 0 aliphatic rings. The first kappa shape index (κ1) is 9.97. The average molecular weight is 221 g/mol. The highest BCUT2D eigenvalue weighted by Crippen LogP contribution is 2.27. The Morgan fingerprint density at radius 2 is 2.27 bits per heavy atom. The largest absolute Gasteiger partial charge is 0.381 e. The number of hydrogen-bond acceptors (Lipinski definition) is 5. The molecule has 78 valence electrons. The summed E-state index contributed by atoms with van der Waals surface area (Å²) in [5.74, 6) is 0.441. The zero-order chi connectivity index (χ0) is 10.8. The predicted octanol–water partition coefficient (Wildman–Crippen LogP) is 1.25. The van der Waals surface area contributed by atoms with Crippen LogP contribution in [0.2, 0.25) is 0 Å². The molecule has 0 aliphatic carbocycles. The second kappa shape index (κ2) is 3.90. The van der Waals surface area contributed by atoms with E-state index in [0.717, 1.165) is 10.7 Å². The SMILES string of the molecule is Cc1cnc(N)c(Sc2ccn(C)n2)n1. The van der Waals surface area contributed by atoms with Crippen LogP contribution in [0.5, 0.6) is 0 Å². The van der Waals surface area contributed by atoms with Gasteiger partial charge in [-0.3, -0.25) is 4.68 Å². The van der Waals surface area contributed by atoms with Crippen molar-refractivity contribution in [2.24, 2.45) is 7.05 Å². The van der Waals surface area contributed by atoms with Gasteiger partial charge in [-0.2, -0.15) is 5.10 Å². The zero-order valence-electron chi connectivity index (χ0n) is 8.51. The molecule has 0 atom stereocenters. The number of nitrogens with zero attached hydrogens (tertiary/aromatic N) is 4. The number of aryl methyl sites for hydroxylation is 2. The maximum atomic E-state index is 5.72. The van der Waals surface area contributed by atoms with Crippen LogP contribution in [-0.4, -0.2) is 19.7 Å². The molecule has 15 heavy (non-hydrogen) atoms. The van der Waals surface area contributed by atoms with Crippen LogP contribution in [0.15, 0.2) is 28.5 Å². The molecule has 2 aromatic rings. The number of rotatable bonds is 2. The number of aromatic nitrogens is 4. The van der Waals surface area contributed by atoms with Gasteiger partial charge in [0.05, 0.1) is 11.9 Å². The lowest BCUT2D eigenvalue weighted by atomic mass is 10.5. The molecule has 0 radical (unpaired) electrons. The van der Waals surface area contributed by atoms with Crippen molar-refractivity contribution in [3.8, 4) is 0 Å².